The third-order valence-electron chi connectivity index (χ3n) is 4.55. The fourth-order valence-electron chi connectivity index (χ4n) is 2.80. The molecule has 128 valence electrons. The number of hydrogen-bond donors (Lipinski definition) is 2. The summed E-state index contributed by atoms with van der Waals surface area (Å²) in [6.45, 7) is -1.92. The average molecular weight is 333 g/mol. The summed E-state index contributed by atoms with van der Waals surface area (Å²) in [6, 6.07) is 16.6. The van der Waals surface area contributed by atoms with Gasteiger partial charge in [-0.1, -0.05) is 42.5 Å². The first-order valence-electron chi connectivity index (χ1n) is 8.06. The third-order valence-corrected chi connectivity index (χ3v) is 4.55. The summed E-state index contributed by atoms with van der Waals surface area (Å²) in [5.74, 6) is 0.148. The molecule has 3 nitrogen and oxygen atoms in total. The van der Waals surface area contributed by atoms with Crippen molar-refractivity contribution in [3.8, 4) is 5.75 Å². The van der Waals surface area contributed by atoms with E-state index in [2.05, 4.69) is 10.1 Å². The maximum absolute atomic E-state index is 12.3. The van der Waals surface area contributed by atoms with Crippen molar-refractivity contribution in [2.45, 2.75) is 25.5 Å². The first-order chi connectivity index (χ1) is 11.6. The number of benzene rings is 2. The molecule has 2 N–H and O–H groups in total. The van der Waals surface area contributed by atoms with Gasteiger partial charge >= 0.3 is 6.61 Å². The lowest BCUT2D eigenvalue weighted by atomic mass is 9.97. The number of rotatable bonds is 8. The summed E-state index contributed by atoms with van der Waals surface area (Å²) in [4.78, 5) is 0. The second kappa shape index (κ2) is 7.28. The van der Waals surface area contributed by atoms with Crippen molar-refractivity contribution in [1.29, 1.82) is 0 Å². The van der Waals surface area contributed by atoms with Crippen LogP contribution in [-0.2, 0) is 0 Å². The van der Waals surface area contributed by atoms with Crippen molar-refractivity contribution < 1.29 is 18.6 Å². The highest BCUT2D eigenvalue weighted by Gasteiger charge is 2.42. The quantitative estimate of drug-likeness (QED) is 0.773. The molecule has 1 saturated carbocycles. The van der Waals surface area contributed by atoms with Crippen LogP contribution < -0.4 is 10.1 Å². The molecule has 0 aromatic heterocycles. The van der Waals surface area contributed by atoms with E-state index in [1.54, 1.807) is 24.3 Å². The molecule has 1 unspecified atom stereocenters. The summed E-state index contributed by atoms with van der Waals surface area (Å²) in [5, 5.41) is 13.0. The van der Waals surface area contributed by atoms with Crippen molar-refractivity contribution in [1.82, 2.24) is 5.32 Å². The topological polar surface area (TPSA) is 41.5 Å². The molecule has 2 aromatic rings. The largest absolute Gasteiger partial charge is 0.435 e. The first kappa shape index (κ1) is 16.9. The van der Waals surface area contributed by atoms with Crippen LogP contribution in [0.2, 0.25) is 0 Å². The minimum absolute atomic E-state index is 0.00818. The SMILES string of the molecule is OCC1(CNC(c2ccccc2)c2ccc(OC(F)F)cc2)CC1. The van der Waals surface area contributed by atoms with E-state index in [0.717, 1.165) is 30.5 Å². The van der Waals surface area contributed by atoms with Crippen molar-refractivity contribution >= 4 is 0 Å². The molecule has 3 rings (SSSR count). The summed E-state index contributed by atoms with van der Waals surface area (Å²) in [7, 11) is 0. The minimum Gasteiger partial charge on any atom is -0.435 e. The molecule has 24 heavy (non-hydrogen) atoms. The number of halogens is 2. The maximum atomic E-state index is 12.3. The summed E-state index contributed by atoms with van der Waals surface area (Å²) < 4.78 is 29.0. The van der Waals surface area contributed by atoms with E-state index in [-0.39, 0.29) is 23.8 Å². The van der Waals surface area contributed by atoms with Crippen LogP contribution in [0.15, 0.2) is 54.6 Å². The highest BCUT2D eigenvalue weighted by atomic mass is 19.3. The highest BCUT2D eigenvalue weighted by Crippen LogP contribution is 2.44. The molecule has 1 atom stereocenters. The summed E-state index contributed by atoms with van der Waals surface area (Å²) >= 11 is 0. The molecule has 0 heterocycles. The van der Waals surface area contributed by atoms with Crippen LogP contribution in [0, 0.1) is 5.41 Å². The Morgan fingerprint density at radius 3 is 2.17 bits per heavy atom. The molecular formula is C19H21F2NO2. The lowest BCUT2D eigenvalue weighted by Crippen LogP contribution is -2.30. The number of aliphatic hydroxyl groups is 1. The second-order valence-electron chi connectivity index (χ2n) is 6.33. The van der Waals surface area contributed by atoms with Crippen LogP contribution in [0.25, 0.3) is 0 Å². The third kappa shape index (κ3) is 4.10. The van der Waals surface area contributed by atoms with Gasteiger partial charge in [0.1, 0.15) is 5.75 Å². The Labute approximate surface area is 140 Å². The van der Waals surface area contributed by atoms with Crippen LogP contribution in [0.3, 0.4) is 0 Å². The molecule has 0 spiro atoms. The molecule has 0 aliphatic heterocycles. The van der Waals surface area contributed by atoms with Gasteiger partial charge in [0, 0.05) is 18.6 Å². The average Bonchev–Trinajstić information content (AvgIpc) is 3.37. The molecule has 0 amide bonds. The predicted octanol–water partition coefficient (Wildman–Crippen LogP) is 3.74. The van der Waals surface area contributed by atoms with E-state index in [1.807, 2.05) is 30.3 Å². The second-order valence-corrected chi connectivity index (χ2v) is 6.33. The summed E-state index contributed by atoms with van der Waals surface area (Å²) in [6.07, 6.45) is 2.05. The van der Waals surface area contributed by atoms with E-state index in [0.29, 0.717) is 0 Å². The Balaban J connectivity index is 1.78. The molecule has 1 aliphatic carbocycles. The van der Waals surface area contributed by atoms with E-state index in [1.165, 1.54) is 0 Å². The Morgan fingerprint density at radius 1 is 1.00 bits per heavy atom. The summed E-state index contributed by atoms with van der Waals surface area (Å²) in [5.41, 5.74) is 2.05. The molecule has 0 saturated heterocycles. The number of hydrogen-bond acceptors (Lipinski definition) is 3. The smallest absolute Gasteiger partial charge is 0.387 e. The molecular weight excluding hydrogens is 312 g/mol. The van der Waals surface area contributed by atoms with Crippen molar-refractivity contribution in [3.63, 3.8) is 0 Å². The Morgan fingerprint density at radius 2 is 1.62 bits per heavy atom. The maximum Gasteiger partial charge on any atom is 0.387 e. The normalized spacial score (nSPS) is 16.8. The molecule has 0 bridgehead atoms. The van der Waals surface area contributed by atoms with E-state index in [4.69, 9.17) is 0 Å². The van der Waals surface area contributed by atoms with Gasteiger partial charge in [0.15, 0.2) is 0 Å². The number of nitrogens with one attached hydrogen (secondary N) is 1. The minimum atomic E-state index is -2.82. The van der Waals surface area contributed by atoms with Crippen LogP contribution in [-0.4, -0.2) is 24.9 Å². The van der Waals surface area contributed by atoms with Gasteiger partial charge in [0.2, 0.25) is 0 Å². The van der Waals surface area contributed by atoms with Crippen molar-refractivity contribution in [2.75, 3.05) is 13.2 Å². The van der Waals surface area contributed by atoms with Gasteiger partial charge in [0.25, 0.3) is 0 Å². The predicted molar refractivity (Wildman–Crippen MR) is 88.1 cm³/mol. The van der Waals surface area contributed by atoms with Crippen LogP contribution in [0.4, 0.5) is 8.78 Å². The molecule has 1 fully saturated rings. The monoisotopic (exact) mass is 333 g/mol. The standard InChI is InChI=1S/C19H21F2NO2/c20-18(21)24-16-8-6-15(7-9-16)17(14-4-2-1-3-5-14)22-12-19(13-23)10-11-19/h1-9,17-18,22-23H,10-13H2. The van der Waals surface area contributed by atoms with Gasteiger partial charge in [-0.05, 0) is 36.1 Å². The van der Waals surface area contributed by atoms with E-state index in [9.17, 15) is 13.9 Å². The molecule has 0 radical (unpaired) electrons. The fourth-order valence-corrected chi connectivity index (χ4v) is 2.80. The Bertz CT molecular complexity index is 642. The van der Waals surface area contributed by atoms with Crippen LogP contribution >= 0.6 is 0 Å². The van der Waals surface area contributed by atoms with Crippen molar-refractivity contribution in [3.05, 3.63) is 65.7 Å². The van der Waals surface area contributed by atoms with Gasteiger partial charge in [-0.3, -0.25) is 0 Å². The zero-order valence-electron chi connectivity index (χ0n) is 13.3. The van der Waals surface area contributed by atoms with Crippen molar-refractivity contribution in [2.24, 2.45) is 5.41 Å². The molecule has 1 aliphatic rings. The van der Waals surface area contributed by atoms with Gasteiger partial charge in [-0.2, -0.15) is 8.78 Å². The van der Waals surface area contributed by atoms with Gasteiger partial charge in [-0.25, -0.2) is 0 Å². The zero-order chi connectivity index (χ0) is 17.0. The number of aliphatic hydroxyl groups excluding tert-OH is 1. The fraction of sp³-hybridized carbons (Fsp3) is 0.368. The van der Waals surface area contributed by atoms with Crippen LogP contribution in [0.1, 0.15) is 30.0 Å². The Hall–Kier alpha value is -1.98. The highest BCUT2D eigenvalue weighted by molar-refractivity contribution is 5.35. The molecule has 5 heteroatoms. The van der Waals surface area contributed by atoms with E-state index < -0.39 is 6.61 Å². The van der Waals surface area contributed by atoms with Gasteiger partial charge < -0.3 is 15.2 Å². The van der Waals surface area contributed by atoms with Crippen LogP contribution in [0.5, 0.6) is 5.75 Å². The zero-order valence-corrected chi connectivity index (χ0v) is 13.3. The van der Waals surface area contributed by atoms with Gasteiger partial charge in [-0.15, -0.1) is 0 Å². The molecule has 2 aromatic carbocycles. The van der Waals surface area contributed by atoms with Gasteiger partial charge in [0.05, 0.1) is 6.04 Å². The lowest BCUT2D eigenvalue weighted by Gasteiger charge is -2.23. The Kier molecular flexibility index (Phi) is 5.11. The van der Waals surface area contributed by atoms with E-state index >= 15 is 0 Å². The lowest BCUT2D eigenvalue weighted by molar-refractivity contribution is -0.0498. The number of alkyl halides is 2. The number of ether oxygens (including phenoxy) is 1. The first-order valence-corrected chi connectivity index (χ1v) is 8.06.